The van der Waals surface area contributed by atoms with Crippen molar-refractivity contribution in [1.29, 1.82) is 0 Å². The number of carbonyl (C=O) groups is 1. The molecule has 0 aliphatic carbocycles. The van der Waals surface area contributed by atoms with Crippen LogP contribution in [0, 0.1) is 0 Å². The maximum atomic E-state index is 11.6. The Hall–Kier alpha value is -1.10. The number of amides is 1. The molecule has 1 aliphatic rings. The molecule has 1 aromatic carbocycles. The number of halogens is 1. The topological polar surface area (TPSA) is 50.4 Å². The van der Waals surface area contributed by atoms with Gasteiger partial charge in [0, 0.05) is 18.8 Å². The predicted molar refractivity (Wildman–Crippen MR) is 78.8 cm³/mol. The van der Waals surface area contributed by atoms with Gasteiger partial charge in [-0.1, -0.05) is 6.07 Å². The molecular weight excluding hydrogens is 264 g/mol. The molecule has 1 amide bonds. The summed E-state index contributed by atoms with van der Waals surface area (Å²) in [4.78, 5) is 11.6. The second-order valence-corrected chi connectivity index (χ2v) is 4.41. The van der Waals surface area contributed by atoms with Gasteiger partial charge in [-0.25, -0.2) is 0 Å². The molecule has 0 bridgehead atoms. The maximum absolute atomic E-state index is 11.6. The Bertz CT molecular complexity index is 424. The van der Waals surface area contributed by atoms with Gasteiger partial charge in [-0.3, -0.25) is 4.79 Å². The number of rotatable bonds is 5. The van der Waals surface area contributed by atoms with E-state index in [9.17, 15) is 4.79 Å². The van der Waals surface area contributed by atoms with E-state index < -0.39 is 0 Å². The van der Waals surface area contributed by atoms with E-state index in [2.05, 4.69) is 22.8 Å². The Morgan fingerprint density at radius 3 is 3.05 bits per heavy atom. The molecular formula is C14H21ClN2O2. The summed E-state index contributed by atoms with van der Waals surface area (Å²) in [6.45, 7) is 4.98. The molecule has 5 heteroatoms. The number of ether oxygens (including phenoxy) is 1. The number of benzene rings is 1. The van der Waals surface area contributed by atoms with Crippen LogP contribution in [0.2, 0.25) is 0 Å². The molecule has 106 valence electrons. The third kappa shape index (κ3) is 4.82. The van der Waals surface area contributed by atoms with Gasteiger partial charge < -0.3 is 15.4 Å². The maximum Gasteiger partial charge on any atom is 0.226 e. The highest BCUT2D eigenvalue weighted by Crippen LogP contribution is 2.19. The van der Waals surface area contributed by atoms with E-state index in [1.54, 1.807) is 0 Å². The molecule has 19 heavy (non-hydrogen) atoms. The Morgan fingerprint density at radius 2 is 2.26 bits per heavy atom. The van der Waals surface area contributed by atoms with Crippen LogP contribution in [-0.2, 0) is 22.5 Å². The van der Waals surface area contributed by atoms with Crippen LogP contribution in [-0.4, -0.2) is 25.7 Å². The van der Waals surface area contributed by atoms with Crippen molar-refractivity contribution >= 4 is 24.0 Å². The lowest BCUT2D eigenvalue weighted by Crippen LogP contribution is -2.23. The largest absolute Gasteiger partial charge is 0.381 e. The first kappa shape index (κ1) is 16.0. The number of hydrogen-bond donors (Lipinski definition) is 2. The van der Waals surface area contributed by atoms with Gasteiger partial charge in [0.05, 0.1) is 13.0 Å². The van der Waals surface area contributed by atoms with Gasteiger partial charge in [0.2, 0.25) is 5.91 Å². The average molecular weight is 285 g/mol. The summed E-state index contributed by atoms with van der Waals surface area (Å²) in [6.07, 6.45) is 1.47. The molecule has 1 aromatic rings. The van der Waals surface area contributed by atoms with E-state index in [1.165, 1.54) is 11.1 Å². The monoisotopic (exact) mass is 284 g/mol. The van der Waals surface area contributed by atoms with E-state index in [1.807, 2.05) is 13.0 Å². The Kier molecular flexibility index (Phi) is 6.84. The van der Waals surface area contributed by atoms with Crippen LogP contribution in [0.25, 0.3) is 0 Å². The molecule has 0 spiro atoms. The molecule has 0 unspecified atom stereocenters. The van der Waals surface area contributed by atoms with E-state index in [0.717, 1.165) is 25.2 Å². The van der Waals surface area contributed by atoms with E-state index >= 15 is 0 Å². The lowest BCUT2D eigenvalue weighted by Gasteiger charge is -2.18. The molecule has 0 radical (unpaired) electrons. The predicted octanol–water partition coefficient (Wildman–Crippen LogP) is 2.12. The first-order valence-corrected chi connectivity index (χ1v) is 6.49. The van der Waals surface area contributed by atoms with Crippen LogP contribution in [0.4, 0.5) is 5.69 Å². The summed E-state index contributed by atoms with van der Waals surface area (Å²) < 4.78 is 5.16. The fraction of sp³-hybridized carbons (Fsp3) is 0.500. The molecule has 4 nitrogen and oxygen atoms in total. The van der Waals surface area contributed by atoms with Crippen LogP contribution < -0.4 is 10.6 Å². The van der Waals surface area contributed by atoms with Crippen molar-refractivity contribution in [2.24, 2.45) is 0 Å². The summed E-state index contributed by atoms with van der Waals surface area (Å²) in [7, 11) is 0. The third-order valence-electron chi connectivity index (χ3n) is 3.05. The average Bonchev–Trinajstić information content (AvgIpc) is 2.39. The van der Waals surface area contributed by atoms with Crippen LogP contribution in [0.15, 0.2) is 18.2 Å². The summed E-state index contributed by atoms with van der Waals surface area (Å²) in [5.74, 6) is 0.00664. The first-order chi connectivity index (χ1) is 8.79. The van der Waals surface area contributed by atoms with E-state index in [4.69, 9.17) is 4.74 Å². The van der Waals surface area contributed by atoms with Crippen molar-refractivity contribution in [2.75, 3.05) is 25.1 Å². The normalized spacial score (nSPS) is 13.3. The molecule has 2 rings (SSSR count). The number of nitrogens with one attached hydrogen (secondary N) is 2. The number of carbonyl (C=O) groups excluding carboxylic acids is 1. The van der Waals surface area contributed by atoms with Crippen molar-refractivity contribution in [3.63, 3.8) is 0 Å². The summed E-state index contributed by atoms with van der Waals surface area (Å²) in [5, 5.41) is 6.23. The van der Waals surface area contributed by atoms with Gasteiger partial charge in [0.25, 0.3) is 0 Å². The van der Waals surface area contributed by atoms with Crippen molar-refractivity contribution < 1.29 is 9.53 Å². The Morgan fingerprint density at radius 1 is 1.42 bits per heavy atom. The van der Waals surface area contributed by atoms with Crippen molar-refractivity contribution in [3.05, 3.63) is 29.3 Å². The second kappa shape index (κ2) is 8.15. The number of fused-ring (bicyclic) bond motifs is 1. The van der Waals surface area contributed by atoms with Crippen LogP contribution in [0.1, 0.15) is 24.5 Å². The minimum Gasteiger partial charge on any atom is -0.381 e. The number of hydrogen-bond acceptors (Lipinski definition) is 3. The molecule has 0 atom stereocenters. The van der Waals surface area contributed by atoms with Crippen LogP contribution >= 0.6 is 12.4 Å². The zero-order valence-electron chi connectivity index (χ0n) is 11.2. The van der Waals surface area contributed by atoms with Gasteiger partial charge in [-0.2, -0.15) is 0 Å². The van der Waals surface area contributed by atoms with E-state index in [-0.39, 0.29) is 18.3 Å². The molecule has 0 aromatic heterocycles. The summed E-state index contributed by atoms with van der Waals surface area (Å²) in [5.41, 5.74) is 3.53. The Labute approximate surface area is 120 Å². The fourth-order valence-electron chi connectivity index (χ4n) is 2.09. The third-order valence-corrected chi connectivity index (χ3v) is 3.05. The fourth-order valence-corrected chi connectivity index (χ4v) is 2.09. The highest BCUT2D eigenvalue weighted by atomic mass is 35.5. The first-order valence-electron chi connectivity index (χ1n) is 6.49. The van der Waals surface area contributed by atoms with Crippen LogP contribution in [0.5, 0.6) is 0 Å². The highest BCUT2D eigenvalue weighted by molar-refractivity contribution is 5.90. The molecule has 0 saturated carbocycles. The zero-order valence-corrected chi connectivity index (χ0v) is 12.0. The second-order valence-electron chi connectivity index (χ2n) is 4.41. The smallest absolute Gasteiger partial charge is 0.226 e. The van der Waals surface area contributed by atoms with Gasteiger partial charge in [0.1, 0.15) is 0 Å². The molecule has 0 saturated heterocycles. The molecule has 1 aliphatic heterocycles. The minimum absolute atomic E-state index is 0. The lowest BCUT2D eigenvalue weighted by molar-refractivity contribution is -0.117. The van der Waals surface area contributed by atoms with Crippen molar-refractivity contribution in [2.45, 2.75) is 26.3 Å². The molecule has 1 heterocycles. The zero-order chi connectivity index (χ0) is 12.8. The summed E-state index contributed by atoms with van der Waals surface area (Å²) in [6, 6.07) is 6.14. The molecule has 2 N–H and O–H groups in total. The van der Waals surface area contributed by atoms with Crippen molar-refractivity contribution in [3.8, 4) is 0 Å². The van der Waals surface area contributed by atoms with Gasteiger partial charge in [-0.15, -0.1) is 12.4 Å². The Balaban J connectivity index is 0.00000180. The minimum atomic E-state index is 0. The molecule has 0 fully saturated rings. The quantitative estimate of drug-likeness (QED) is 0.815. The van der Waals surface area contributed by atoms with Gasteiger partial charge in [-0.05, 0) is 43.1 Å². The number of anilines is 1. The van der Waals surface area contributed by atoms with Gasteiger partial charge in [0.15, 0.2) is 0 Å². The van der Waals surface area contributed by atoms with Gasteiger partial charge >= 0.3 is 0 Å². The van der Waals surface area contributed by atoms with Crippen LogP contribution in [0.3, 0.4) is 0 Å². The highest BCUT2D eigenvalue weighted by Gasteiger charge is 2.09. The SMILES string of the molecule is CCOCCC(=O)Nc1ccc2c(c1)CNCC2.Cl. The summed E-state index contributed by atoms with van der Waals surface area (Å²) >= 11 is 0. The standard InChI is InChI=1S/C14H20N2O2.ClH/c1-2-18-8-6-14(17)16-13-4-3-11-5-7-15-10-12(11)9-13;/h3-4,9,15H,2,5-8,10H2,1H3,(H,16,17);1H. The van der Waals surface area contributed by atoms with Crippen molar-refractivity contribution in [1.82, 2.24) is 5.32 Å². The van der Waals surface area contributed by atoms with E-state index in [0.29, 0.717) is 19.6 Å². The lowest BCUT2D eigenvalue weighted by atomic mass is 10.0.